The minimum atomic E-state index is -0.969. The van der Waals surface area contributed by atoms with Crippen LogP contribution in [0.25, 0.3) is 0 Å². The van der Waals surface area contributed by atoms with Crippen LogP contribution in [0, 0.1) is 17.6 Å². The van der Waals surface area contributed by atoms with Gasteiger partial charge in [0.25, 0.3) is 0 Å². The zero-order chi connectivity index (χ0) is 28.2. The molecule has 2 aromatic rings. The second-order valence-corrected chi connectivity index (χ2v) is 12.0. The molecule has 40 heavy (non-hydrogen) atoms. The maximum atomic E-state index is 14.9. The highest BCUT2D eigenvalue weighted by Gasteiger charge is 2.29. The molecular formula is C35H50F2O3. The Hall–Kier alpha value is -1.98. The van der Waals surface area contributed by atoms with Crippen LogP contribution >= 0.6 is 0 Å². The van der Waals surface area contributed by atoms with Crippen LogP contribution in [0.15, 0.2) is 36.4 Å². The summed E-state index contributed by atoms with van der Waals surface area (Å²) < 4.78 is 46.9. The van der Waals surface area contributed by atoms with E-state index in [-0.39, 0.29) is 17.2 Å². The largest absolute Gasteiger partial charge is 0.490 e. The van der Waals surface area contributed by atoms with Crippen LogP contribution in [0.3, 0.4) is 0 Å². The van der Waals surface area contributed by atoms with E-state index in [0.717, 1.165) is 25.2 Å². The molecule has 0 bridgehead atoms. The Morgan fingerprint density at radius 1 is 0.675 bits per heavy atom. The van der Waals surface area contributed by atoms with Gasteiger partial charge < -0.3 is 14.2 Å². The van der Waals surface area contributed by atoms with Gasteiger partial charge in [0.15, 0.2) is 17.9 Å². The van der Waals surface area contributed by atoms with E-state index in [1.54, 1.807) is 0 Å². The average Bonchev–Trinajstić information content (AvgIpc) is 2.99. The Labute approximate surface area is 241 Å². The van der Waals surface area contributed by atoms with Crippen molar-refractivity contribution in [3.05, 3.63) is 64.7 Å². The minimum absolute atomic E-state index is 0.0476. The SMILES string of the molecule is CCCCCCCCOc1ccc(C2OCC(c3ccc(C4CCC(CCCCC)CC4)cc3)CO2)c(F)c1F. The van der Waals surface area contributed by atoms with E-state index in [9.17, 15) is 8.78 Å². The van der Waals surface area contributed by atoms with Gasteiger partial charge in [-0.15, -0.1) is 0 Å². The number of benzene rings is 2. The first-order chi connectivity index (χ1) is 19.6. The van der Waals surface area contributed by atoms with Gasteiger partial charge in [-0.1, -0.05) is 95.9 Å². The van der Waals surface area contributed by atoms with Gasteiger partial charge in [0.05, 0.1) is 19.8 Å². The van der Waals surface area contributed by atoms with Crippen molar-refractivity contribution in [3.63, 3.8) is 0 Å². The van der Waals surface area contributed by atoms with E-state index in [4.69, 9.17) is 14.2 Å². The smallest absolute Gasteiger partial charge is 0.201 e. The van der Waals surface area contributed by atoms with Crippen molar-refractivity contribution in [1.29, 1.82) is 0 Å². The summed E-state index contributed by atoms with van der Waals surface area (Å²) in [4.78, 5) is 0. The molecule has 0 amide bonds. The van der Waals surface area contributed by atoms with Gasteiger partial charge in [-0.25, -0.2) is 4.39 Å². The maximum Gasteiger partial charge on any atom is 0.201 e. The molecule has 0 aromatic heterocycles. The second-order valence-electron chi connectivity index (χ2n) is 12.0. The summed E-state index contributed by atoms with van der Waals surface area (Å²) in [5.74, 6) is -0.313. The molecule has 5 heteroatoms. The third-order valence-corrected chi connectivity index (χ3v) is 8.93. The van der Waals surface area contributed by atoms with E-state index in [0.29, 0.717) is 25.7 Å². The molecule has 222 valence electrons. The molecule has 1 heterocycles. The first kappa shape index (κ1) is 31.0. The lowest BCUT2D eigenvalue weighted by Crippen LogP contribution is -2.26. The number of ether oxygens (including phenoxy) is 3. The van der Waals surface area contributed by atoms with Crippen molar-refractivity contribution in [2.75, 3.05) is 19.8 Å². The molecule has 1 saturated carbocycles. The lowest BCUT2D eigenvalue weighted by Gasteiger charge is -2.31. The topological polar surface area (TPSA) is 27.7 Å². The van der Waals surface area contributed by atoms with Gasteiger partial charge in [0, 0.05) is 11.5 Å². The first-order valence-corrected chi connectivity index (χ1v) is 16.0. The van der Waals surface area contributed by atoms with Crippen LogP contribution in [-0.4, -0.2) is 19.8 Å². The van der Waals surface area contributed by atoms with E-state index in [1.165, 1.54) is 93.9 Å². The number of hydrogen-bond acceptors (Lipinski definition) is 3. The summed E-state index contributed by atoms with van der Waals surface area (Å²) in [5, 5.41) is 0. The van der Waals surface area contributed by atoms with E-state index < -0.39 is 17.9 Å². The van der Waals surface area contributed by atoms with E-state index in [2.05, 4.69) is 38.1 Å². The van der Waals surface area contributed by atoms with Crippen LogP contribution in [0.2, 0.25) is 0 Å². The van der Waals surface area contributed by atoms with Crippen molar-refractivity contribution in [2.45, 2.75) is 122 Å². The molecule has 1 saturated heterocycles. The lowest BCUT2D eigenvalue weighted by atomic mass is 9.77. The monoisotopic (exact) mass is 556 g/mol. The predicted molar refractivity (Wildman–Crippen MR) is 158 cm³/mol. The third-order valence-electron chi connectivity index (χ3n) is 8.93. The van der Waals surface area contributed by atoms with Crippen LogP contribution in [0.1, 0.15) is 139 Å². The number of unbranched alkanes of at least 4 members (excludes halogenated alkanes) is 7. The van der Waals surface area contributed by atoms with Crippen molar-refractivity contribution in [2.24, 2.45) is 5.92 Å². The second kappa shape index (κ2) is 16.5. The quantitative estimate of drug-likeness (QED) is 0.204. The van der Waals surface area contributed by atoms with Crippen molar-refractivity contribution in [3.8, 4) is 5.75 Å². The molecule has 0 unspecified atom stereocenters. The Bertz CT molecular complexity index is 992. The molecule has 3 nitrogen and oxygen atoms in total. The molecule has 1 aliphatic carbocycles. The van der Waals surface area contributed by atoms with Gasteiger partial charge in [0.1, 0.15) is 0 Å². The van der Waals surface area contributed by atoms with E-state index in [1.807, 2.05) is 0 Å². The number of rotatable bonds is 15. The fraction of sp³-hybridized carbons (Fsp3) is 0.657. The molecule has 2 aromatic carbocycles. The molecule has 4 rings (SSSR count). The third kappa shape index (κ3) is 8.76. The van der Waals surface area contributed by atoms with Gasteiger partial charge in [-0.2, -0.15) is 4.39 Å². The van der Waals surface area contributed by atoms with Crippen molar-refractivity contribution < 1.29 is 23.0 Å². The Balaban J connectivity index is 1.22. The maximum absolute atomic E-state index is 14.9. The molecule has 0 radical (unpaired) electrons. The van der Waals surface area contributed by atoms with Crippen molar-refractivity contribution >= 4 is 0 Å². The molecular weight excluding hydrogens is 506 g/mol. The normalized spacial score (nSPS) is 23.3. The standard InChI is InChI=1S/C35H50F2O3/c1-3-5-7-8-9-11-23-38-32-22-21-31(33(36)34(32)37)35-39-24-30(25-40-35)29-19-17-28(18-20-29)27-15-13-26(14-16-27)12-10-6-4-2/h17-22,26-27,30,35H,3-16,23-25H2,1-2H3. The van der Waals surface area contributed by atoms with Gasteiger partial charge in [-0.05, 0) is 67.2 Å². The molecule has 0 spiro atoms. The Morgan fingerprint density at radius 2 is 1.27 bits per heavy atom. The van der Waals surface area contributed by atoms with Crippen LogP contribution in [-0.2, 0) is 9.47 Å². The van der Waals surface area contributed by atoms with Crippen LogP contribution < -0.4 is 4.74 Å². The first-order valence-electron chi connectivity index (χ1n) is 16.0. The summed E-state index contributed by atoms with van der Waals surface area (Å²) in [7, 11) is 0. The predicted octanol–water partition coefficient (Wildman–Crippen LogP) is 10.4. The summed E-state index contributed by atoms with van der Waals surface area (Å²) in [6, 6.07) is 11.9. The summed E-state index contributed by atoms with van der Waals surface area (Å²) in [6.45, 7) is 5.66. The van der Waals surface area contributed by atoms with Gasteiger partial charge in [-0.3, -0.25) is 0 Å². The average molecular weight is 557 g/mol. The summed E-state index contributed by atoms with van der Waals surface area (Å²) in [6.07, 6.45) is 16.5. The zero-order valence-electron chi connectivity index (χ0n) is 24.8. The van der Waals surface area contributed by atoms with E-state index >= 15 is 0 Å². The number of hydrogen-bond donors (Lipinski definition) is 0. The lowest BCUT2D eigenvalue weighted by molar-refractivity contribution is -0.193. The Morgan fingerprint density at radius 3 is 1.95 bits per heavy atom. The molecule has 1 aliphatic heterocycles. The van der Waals surface area contributed by atoms with Gasteiger partial charge >= 0.3 is 0 Å². The highest BCUT2D eigenvalue weighted by molar-refractivity contribution is 5.32. The number of halogens is 2. The van der Waals surface area contributed by atoms with Crippen LogP contribution in [0.5, 0.6) is 5.75 Å². The fourth-order valence-electron chi connectivity index (χ4n) is 6.29. The molecule has 2 fully saturated rings. The Kier molecular flexibility index (Phi) is 12.7. The van der Waals surface area contributed by atoms with Crippen LogP contribution in [0.4, 0.5) is 8.78 Å². The molecule has 0 N–H and O–H groups in total. The summed E-state index contributed by atoms with van der Waals surface area (Å²) in [5.41, 5.74) is 2.69. The fourth-order valence-corrected chi connectivity index (χ4v) is 6.29. The van der Waals surface area contributed by atoms with Gasteiger partial charge in [0.2, 0.25) is 5.82 Å². The molecule has 0 atom stereocenters. The minimum Gasteiger partial charge on any atom is -0.490 e. The summed E-state index contributed by atoms with van der Waals surface area (Å²) >= 11 is 0. The molecule has 2 aliphatic rings. The van der Waals surface area contributed by atoms with Crippen molar-refractivity contribution in [1.82, 2.24) is 0 Å². The zero-order valence-corrected chi connectivity index (χ0v) is 24.8. The highest BCUT2D eigenvalue weighted by atomic mass is 19.2. The highest BCUT2D eigenvalue weighted by Crippen LogP contribution is 2.39.